The largest absolute Gasteiger partial charge is 0.379 e. The Morgan fingerprint density at radius 3 is 2.55 bits per heavy atom. The predicted octanol–water partition coefficient (Wildman–Crippen LogP) is 2.03. The highest BCUT2D eigenvalue weighted by Gasteiger charge is 2.15. The first-order valence-electron chi connectivity index (χ1n) is 7.01. The molecule has 0 aliphatic carbocycles. The van der Waals surface area contributed by atoms with Crippen molar-refractivity contribution in [3.05, 3.63) is 22.4 Å². The topological polar surface area (TPSA) is 71.5 Å². The third kappa shape index (κ3) is 6.36. The zero-order valence-electron chi connectivity index (χ0n) is 12.7. The van der Waals surface area contributed by atoms with Gasteiger partial charge >= 0.3 is 0 Å². The van der Waals surface area contributed by atoms with Gasteiger partial charge in [0.15, 0.2) is 0 Å². The minimum absolute atomic E-state index is 0.0231. The fourth-order valence-electron chi connectivity index (χ4n) is 1.72. The van der Waals surface area contributed by atoms with Crippen LogP contribution in [0.4, 0.5) is 0 Å². The maximum absolute atomic E-state index is 12.0. The summed E-state index contributed by atoms with van der Waals surface area (Å²) in [6.45, 7) is 7.99. The highest BCUT2D eigenvalue weighted by Crippen LogP contribution is 2.21. The Morgan fingerprint density at radius 1 is 1.27 bits per heavy atom. The number of halogens is 2. The van der Waals surface area contributed by atoms with Crippen LogP contribution in [0.2, 0.25) is 10.2 Å². The smallest absolute Gasteiger partial charge is 0.242 e. The van der Waals surface area contributed by atoms with Crippen molar-refractivity contribution in [3.8, 4) is 0 Å². The van der Waals surface area contributed by atoms with E-state index >= 15 is 0 Å². The fraction of sp³-hybridized carbons (Fsp3) is 0.615. The number of rotatable bonds is 10. The number of likely N-dealkylation sites (N-methyl/N-ethyl adjacent to an activating group) is 1. The Bertz CT molecular complexity index is 566. The molecule has 1 heterocycles. The molecule has 0 spiro atoms. The number of hydrogen-bond acceptors (Lipinski definition) is 5. The van der Waals surface area contributed by atoms with Crippen molar-refractivity contribution >= 4 is 33.2 Å². The minimum atomic E-state index is -3.66. The summed E-state index contributed by atoms with van der Waals surface area (Å²) in [7, 11) is -3.66. The van der Waals surface area contributed by atoms with Gasteiger partial charge in [0.1, 0.15) is 10.0 Å². The summed E-state index contributed by atoms with van der Waals surface area (Å²) in [4.78, 5) is 5.92. The Kier molecular flexibility index (Phi) is 8.59. The van der Waals surface area contributed by atoms with Crippen LogP contribution in [0, 0.1) is 0 Å². The zero-order chi connectivity index (χ0) is 16.6. The first kappa shape index (κ1) is 19.6. The van der Waals surface area contributed by atoms with Crippen LogP contribution in [0.3, 0.4) is 0 Å². The third-order valence-electron chi connectivity index (χ3n) is 3.07. The van der Waals surface area contributed by atoms with Gasteiger partial charge < -0.3 is 9.64 Å². The normalized spacial score (nSPS) is 12.0. The van der Waals surface area contributed by atoms with Crippen molar-refractivity contribution in [2.75, 3.05) is 39.4 Å². The van der Waals surface area contributed by atoms with E-state index in [1.54, 1.807) is 0 Å². The van der Waals surface area contributed by atoms with Crippen molar-refractivity contribution < 1.29 is 13.2 Å². The van der Waals surface area contributed by atoms with E-state index < -0.39 is 10.0 Å². The first-order chi connectivity index (χ1) is 10.4. The van der Waals surface area contributed by atoms with Crippen molar-refractivity contribution in [2.24, 2.45) is 0 Å². The predicted molar refractivity (Wildman–Crippen MR) is 88.1 cm³/mol. The molecule has 0 atom stereocenters. The Labute approximate surface area is 141 Å². The third-order valence-corrected chi connectivity index (χ3v) is 5.18. The van der Waals surface area contributed by atoms with Gasteiger partial charge in [0.2, 0.25) is 10.0 Å². The molecule has 0 bridgehead atoms. The van der Waals surface area contributed by atoms with Crippen molar-refractivity contribution in [3.63, 3.8) is 0 Å². The summed E-state index contributed by atoms with van der Waals surface area (Å²) in [5.41, 5.74) is 0. The van der Waals surface area contributed by atoms with E-state index in [1.165, 1.54) is 6.07 Å². The van der Waals surface area contributed by atoms with E-state index in [9.17, 15) is 8.42 Å². The van der Waals surface area contributed by atoms with Crippen LogP contribution in [0.5, 0.6) is 0 Å². The van der Waals surface area contributed by atoms with E-state index in [1.807, 2.05) is 0 Å². The average molecular weight is 370 g/mol. The molecule has 0 radical (unpaired) electrons. The van der Waals surface area contributed by atoms with Crippen molar-refractivity contribution in [1.29, 1.82) is 0 Å². The molecule has 9 heteroatoms. The summed E-state index contributed by atoms with van der Waals surface area (Å²) in [6, 6.07) is 1.26. The van der Waals surface area contributed by atoms with Gasteiger partial charge in [0.25, 0.3) is 0 Å². The molecule has 1 N–H and O–H groups in total. The van der Waals surface area contributed by atoms with E-state index in [4.69, 9.17) is 27.9 Å². The van der Waals surface area contributed by atoms with Crippen LogP contribution in [0.25, 0.3) is 0 Å². The van der Waals surface area contributed by atoms with Crippen LogP contribution >= 0.6 is 23.2 Å². The van der Waals surface area contributed by atoms with Crippen LogP contribution in [-0.4, -0.2) is 57.7 Å². The first-order valence-corrected chi connectivity index (χ1v) is 9.25. The molecule has 0 fully saturated rings. The number of nitrogens with zero attached hydrogens (tertiary/aromatic N) is 2. The molecule has 0 aliphatic heterocycles. The van der Waals surface area contributed by atoms with E-state index in [0.29, 0.717) is 13.2 Å². The molecule has 1 aromatic heterocycles. The molecular formula is C13H21Cl2N3O3S. The van der Waals surface area contributed by atoms with Gasteiger partial charge in [-0.25, -0.2) is 18.1 Å². The molecule has 0 aromatic carbocycles. The van der Waals surface area contributed by atoms with Gasteiger partial charge in [-0.05, 0) is 19.2 Å². The van der Waals surface area contributed by atoms with E-state index in [-0.39, 0.29) is 21.6 Å². The number of hydrogen-bond donors (Lipinski definition) is 1. The van der Waals surface area contributed by atoms with E-state index in [2.05, 4.69) is 28.5 Å². The van der Waals surface area contributed by atoms with Crippen molar-refractivity contribution in [2.45, 2.75) is 18.7 Å². The van der Waals surface area contributed by atoms with Crippen LogP contribution in [0.15, 0.2) is 17.2 Å². The quantitative estimate of drug-likeness (QED) is 0.504. The lowest BCUT2D eigenvalue weighted by molar-refractivity contribution is 0.111. The van der Waals surface area contributed by atoms with Gasteiger partial charge in [-0.15, -0.1) is 0 Å². The number of sulfonamides is 1. The second-order valence-corrected chi connectivity index (χ2v) is 7.01. The highest BCUT2D eigenvalue weighted by molar-refractivity contribution is 7.89. The van der Waals surface area contributed by atoms with Crippen LogP contribution < -0.4 is 4.72 Å². The monoisotopic (exact) mass is 369 g/mol. The number of nitrogens with one attached hydrogen (secondary N) is 1. The number of pyridine rings is 1. The minimum Gasteiger partial charge on any atom is -0.379 e. The van der Waals surface area contributed by atoms with Gasteiger partial charge in [0.05, 0.1) is 18.2 Å². The second kappa shape index (κ2) is 9.64. The molecule has 126 valence electrons. The molecule has 0 unspecified atom stereocenters. The molecule has 1 aromatic rings. The summed E-state index contributed by atoms with van der Waals surface area (Å²) in [5.74, 6) is 0. The maximum atomic E-state index is 12.0. The lowest BCUT2D eigenvalue weighted by Gasteiger charge is -2.17. The summed E-state index contributed by atoms with van der Waals surface area (Å²) in [6.07, 6.45) is 1.16. The molecule has 22 heavy (non-hydrogen) atoms. The number of ether oxygens (including phenoxy) is 1. The summed E-state index contributed by atoms with van der Waals surface area (Å²) >= 11 is 11.4. The molecule has 0 saturated carbocycles. The molecule has 0 amide bonds. The van der Waals surface area contributed by atoms with Gasteiger partial charge in [-0.2, -0.15) is 0 Å². The lowest BCUT2D eigenvalue weighted by atomic mass is 10.5. The highest BCUT2D eigenvalue weighted by atomic mass is 35.5. The fourth-order valence-corrected chi connectivity index (χ4v) is 3.04. The van der Waals surface area contributed by atoms with Crippen LogP contribution in [-0.2, 0) is 14.8 Å². The van der Waals surface area contributed by atoms with Crippen molar-refractivity contribution in [1.82, 2.24) is 14.6 Å². The van der Waals surface area contributed by atoms with Crippen LogP contribution in [0.1, 0.15) is 13.8 Å². The zero-order valence-corrected chi connectivity index (χ0v) is 15.0. The Balaban J connectivity index is 2.36. The molecule has 0 saturated heterocycles. The SMILES string of the molecule is CCN(CC)CCOCCNS(=O)(=O)c1cnc(Cl)c(Cl)c1. The maximum Gasteiger partial charge on any atom is 0.242 e. The Hall–Kier alpha value is -0.440. The Morgan fingerprint density at radius 2 is 1.95 bits per heavy atom. The number of aromatic nitrogens is 1. The summed E-state index contributed by atoms with van der Waals surface area (Å²) < 4.78 is 31.9. The van der Waals surface area contributed by atoms with Gasteiger partial charge in [-0.3, -0.25) is 0 Å². The molecular weight excluding hydrogens is 349 g/mol. The standard InChI is InChI=1S/C13H21Cl2N3O3S/c1-3-18(4-2)6-8-21-7-5-17-22(19,20)11-9-12(14)13(15)16-10-11/h9-10,17H,3-8H2,1-2H3. The average Bonchev–Trinajstić information content (AvgIpc) is 2.49. The second-order valence-electron chi connectivity index (χ2n) is 4.48. The van der Waals surface area contributed by atoms with E-state index in [0.717, 1.165) is 25.8 Å². The lowest BCUT2D eigenvalue weighted by Crippen LogP contribution is -2.30. The summed E-state index contributed by atoms with van der Waals surface area (Å²) in [5, 5.41) is 0.167. The molecule has 1 rings (SSSR count). The van der Waals surface area contributed by atoms with Gasteiger partial charge in [-0.1, -0.05) is 37.0 Å². The molecule has 6 nitrogen and oxygen atoms in total. The van der Waals surface area contributed by atoms with Gasteiger partial charge in [0, 0.05) is 19.3 Å². The molecule has 0 aliphatic rings.